The van der Waals surface area contributed by atoms with E-state index in [-0.39, 0.29) is 5.69 Å². The van der Waals surface area contributed by atoms with Crippen LogP contribution in [0.3, 0.4) is 0 Å². The van der Waals surface area contributed by atoms with E-state index in [0.717, 1.165) is 0 Å². The van der Waals surface area contributed by atoms with E-state index in [2.05, 4.69) is 15.4 Å². The van der Waals surface area contributed by atoms with Crippen molar-refractivity contribution >= 4 is 11.6 Å². The van der Waals surface area contributed by atoms with Crippen LogP contribution < -0.4 is 10.1 Å². The predicted molar refractivity (Wildman–Crippen MR) is 87.0 cm³/mol. The largest absolute Gasteiger partial charge is 0.495 e. The summed E-state index contributed by atoms with van der Waals surface area (Å²) in [6.07, 6.45) is 3.10. The number of anilines is 1. The van der Waals surface area contributed by atoms with Crippen molar-refractivity contribution in [1.29, 1.82) is 0 Å². The van der Waals surface area contributed by atoms with Gasteiger partial charge in [0.2, 0.25) is 0 Å². The summed E-state index contributed by atoms with van der Waals surface area (Å²) in [5.41, 5.74) is 1.25. The first kappa shape index (κ1) is 15.7. The number of pyridine rings is 1. The number of aromatic nitrogens is 3. The Hall–Kier alpha value is -3.22. The first-order valence-corrected chi connectivity index (χ1v) is 7.21. The Kier molecular flexibility index (Phi) is 4.24. The number of halogens is 1. The van der Waals surface area contributed by atoms with Crippen LogP contribution in [-0.2, 0) is 0 Å². The molecule has 0 saturated heterocycles. The van der Waals surface area contributed by atoms with Gasteiger partial charge in [0.25, 0.3) is 5.91 Å². The lowest BCUT2D eigenvalue weighted by Crippen LogP contribution is -2.14. The molecule has 0 atom stereocenters. The van der Waals surface area contributed by atoms with Crippen LogP contribution in [0.15, 0.2) is 48.8 Å². The second-order valence-corrected chi connectivity index (χ2v) is 5.04. The van der Waals surface area contributed by atoms with E-state index in [1.165, 1.54) is 31.5 Å². The van der Waals surface area contributed by atoms with Crippen LogP contribution in [0.4, 0.5) is 10.1 Å². The van der Waals surface area contributed by atoms with Crippen molar-refractivity contribution in [3.63, 3.8) is 0 Å². The summed E-state index contributed by atoms with van der Waals surface area (Å²) in [6.45, 7) is 1.76. The lowest BCUT2D eigenvalue weighted by atomic mass is 10.2. The number of rotatable bonds is 4. The molecule has 1 aromatic carbocycles. The Balaban J connectivity index is 1.89. The maximum atomic E-state index is 13.4. The Morgan fingerprint density at radius 2 is 2.12 bits per heavy atom. The Labute approximate surface area is 137 Å². The maximum Gasteiger partial charge on any atom is 0.259 e. The smallest absolute Gasteiger partial charge is 0.259 e. The van der Waals surface area contributed by atoms with Crippen LogP contribution in [0.1, 0.15) is 16.1 Å². The average molecular weight is 326 g/mol. The van der Waals surface area contributed by atoms with E-state index >= 15 is 0 Å². The van der Waals surface area contributed by atoms with Crippen LogP contribution in [0.2, 0.25) is 0 Å². The summed E-state index contributed by atoms with van der Waals surface area (Å²) in [4.78, 5) is 16.7. The van der Waals surface area contributed by atoms with E-state index < -0.39 is 11.7 Å². The molecular weight excluding hydrogens is 311 g/mol. The van der Waals surface area contributed by atoms with Gasteiger partial charge in [-0.25, -0.2) is 14.1 Å². The molecule has 1 amide bonds. The number of hydrogen-bond acceptors (Lipinski definition) is 4. The van der Waals surface area contributed by atoms with Gasteiger partial charge in [-0.15, -0.1) is 0 Å². The number of methoxy groups -OCH3 is 1. The second-order valence-electron chi connectivity index (χ2n) is 5.04. The molecule has 3 aromatic rings. The predicted octanol–water partition coefficient (Wildman–Crippen LogP) is 2.98. The molecule has 3 rings (SSSR count). The van der Waals surface area contributed by atoms with Crippen molar-refractivity contribution < 1.29 is 13.9 Å². The van der Waals surface area contributed by atoms with Crippen LogP contribution in [0.5, 0.6) is 5.75 Å². The molecular formula is C17H15FN4O2. The van der Waals surface area contributed by atoms with Crippen molar-refractivity contribution in [2.45, 2.75) is 6.92 Å². The topological polar surface area (TPSA) is 69.0 Å². The molecule has 2 aromatic heterocycles. The molecule has 0 fully saturated rings. The van der Waals surface area contributed by atoms with Gasteiger partial charge in [-0.1, -0.05) is 6.07 Å². The minimum atomic E-state index is -0.466. The summed E-state index contributed by atoms with van der Waals surface area (Å²) in [5.74, 6) is 0.113. The van der Waals surface area contributed by atoms with Crippen LogP contribution in [0.25, 0.3) is 5.82 Å². The van der Waals surface area contributed by atoms with Crippen molar-refractivity contribution in [2.24, 2.45) is 0 Å². The van der Waals surface area contributed by atoms with Gasteiger partial charge in [-0.3, -0.25) is 4.79 Å². The van der Waals surface area contributed by atoms with Gasteiger partial charge in [-0.05, 0) is 31.2 Å². The molecule has 122 valence electrons. The number of carbonyl (C=O) groups is 1. The molecule has 0 radical (unpaired) electrons. The highest BCUT2D eigenvalue weighted by molar-refractivity contribution is 6.05. The monoisotopic (exact) mass is 326 g/mol. The van der Waals surface area contributed by atoms with Gasteiger partial charge < -0.3 is 10.1 Å². The third-order valence-corrected chi connectivity index (χ3v) is 3.53. The first-order chi connectivity index (χ1) is 11.6. The average Bonchev–Trinajstić information content (AvgIpc) is 2.97. The Morgan fingerprint density at radius 3 is 2.83 bits per heavy atom. The zero-order valence-corrected chi connectivity index (χ0v) is 13.2. The van der Waals surface area contributed by atoms with Gasteiger partial charge in [0.05, 0.1) is 30.3 Å². The molecule has 0 bridgehead atoms. The van der Waals surface area contributed by atoms with E-state index in [1.54, 1.807) is 29.9 Å². The summed E-state index contributed by atoms with van der Waals surface area (Å²) < 4.78 is 20.1. The molecule has 0 saturated carbocycles. The molecule has 1 N–H and O–H groups in total. The summed E-state index contributed by atoms with van der Waals surface area (Å²) in [5, 5.41) is 6.84. The zero-order chi connectivity index (χ0) is 17.1. The lowest BCUT2D eigenvalue weighted by molar-refractivity contribution is 0.102. The van der Waals surface area contributed by atoms with Crippen LogP contribution in [0, 0.1) is 12.7 Å². The normalized spacial score (nSPS) is 10.5. The standard InChI is InChI=1S/C17H15FN4O2/c1-11-13(10-20-22(11)16-5-3-4-8-19-16)17(23)21-14-9-12(18)6-7-15(14)24-2/h3-10H,1-2H3,(H,21,23). The van der Waals surface area contributed by atoms with Gasteiger partial charge >= 0.3 is 0 Å². The second kappa shape index (κ2) is 6.49. The zero-order valence-electron chi connectivity index (χ0n) is 13.2. The van der Waals surface area contributed by atoms with Crippen LogP contribution >= 0.6 is 0 Å². The summed E-state index contributed by atoms with van der Waals surface area (Å²) in [6, 6.07) is 9.34. The van der Waals surface area contributed by atoms with Crippen molar-refractivity contribution in [1.82, 2.24) is 14.8 Å². The van der Waals surface area contributed by atoms with E-state index in [0.29, 0.717) is 22.8 Å². The number of nitrogens with one attached hydrogen (secondary N) is 1. The van der Waals surface area contributed by atoms with E-state index in [9.17, 15) is 9.18 Å². The van der Waals surface area contributed by atoms with Gasteiger partial charge in [0.15, 0.2) is 5.82 Å². The van der Waals surface area contributed by atoms with Gasteiger partial charge in [0, 0.05) is 12.3 Å². The molecule has 6 nitrogen and oxygen atoms in total. The number of nitrogens with zero attached hydrogens (tertiary/aromatic N) is 3. The van der Waals surface area contributed by atoms with Crippen LogP contribution in [-0.4, -0.2) is 27.8 Å². The molecule has 0 unspecified atom stereocenters. The van der Waals surface area contributed by atoms with Crippen molar-refractivity contribution in [3.8, 4) is 11.6 Å². The lowest BCUT2D eigenvalue weighted by Gasteiger charge is -2.10. The number of ether oxygens (including phenoxy) is 1. The van der Waals surface area contributed by atoms with E-state index in [4.69, 9.17) is 4.74 Å². The van der Waals surface area contributed by atoms with Gasteiger partial charge in [0.1, 0.15) is 11.6 Å². The molecule has 0 spiro atoms. The quantitative estimate of drug-likeness (QED) is 0.800. The summed E-state index contributed by atoms with van der Waals surface area (Å²) in [7, 11) is 1.45. The highest BCUT2D eigenvalue weighted by Crippen LogP contribution is 2.26. The molecule has 2 heterocycles. The maximum absolute atomic E-state index is 13.4. The Morgan fingerprint density at radius 1 is 1.29 bits per heavy atom. The number of amides is 1. The minimum absolute atomic E-state index is 0.257. The fourth-order valence-corrected chi connectivity index (χ4v) is 2.31. The van der Waals surface area contributed by atoms with E-state index in [1.807, 2.05) is 6.07 Å². The molecule has 24 heavy (non-hydrogen) atoms. The Bertz CT molecular complexity index is 878. The fourth-order valence-electron chi connectivity index (χ4n) is 2.31. The summed E-state index contributed by atoms with van der Waals surface area (Å²) >= 11 is 0. The molecule has 0 aliphatic heterocycles. The number of hydrogen-bond donors (Lipinski definition) is 1. The highest BCUT2D eigenvalue weighted by atomic mass is 19.1. The number of carbonyl (C=O) groups excluding carboxylic acids is 1. The van der Waals surface area contributed by atoms with Gasteiger partial charge in [-0.2, -0.15) is 5.10 Å². The van der Waals surface area contributed by atoms with Crippen molar-refractivity contribution in [2.75, 3.05) is 12.4 Å². The third-order valence-electron chi connectivity index (χ3n) is 3.53. The SMILES string of the molecule is COc1ccc(F)cc1NC(=O)c1cnn(-c2ccccn2)c1C. The first-order valence-electron chi connectivity index (χ1n) is 7.21. The minimum Gasteiger partial charge on any atom is -0.495 e. The fraction of sp³-hybridized carbons (Fsp3) is 0.118. The third kappa shape index (κ3) is 2.96. The number of benzene rings is 1. The highest BCUT2D eigenvalue weighted by Gasteiger charge is 2.17. The molecule has 7 heteroatoms. The molecule has 0 aliphatic rings. The van der Waals surface area contributed by atoms with Crippen molar-refractivity contribution in [3.05, 3.63) is 65.9 Å². The molecule has 0 aliphatic carbocycles.